The molecule has 4 nitrogen and oxygen atoms in total. The number of hydrogen-bond donors (Lipinski definition) is 1. The quantitative estimate of drug-likeness (QED) is 0.589. The molecule has 124 valence electrons. The van der Waals surface area contributed by atoms with Gasteiger partial charge < -0.3 is 9.94 Å². The minimum absolute atomic E-state index is 0.0382. The second kappa shape index (κ2) is 8.61. The molecule has 1 heterocycles. The Labute approximate surface area is 137 Å². The molecule has 0 unspecified atom stereocenters. The maximum Gasteiger partial charge on any atom is 0.168 e. The Morgan fingerprint density at radius 2 is 2.18 bits per heavy atom. The van der Waals surface area contributed by atoms with Crippen LogP contribution in [-0.2, 0) is 9.63 Å². The number of hydrogen-bond acceptors (Lipinski definition) is 5. The van der Waals surface area contributed by atoms with E-state index in [-0.39, 0.29) is 11.5 Å². The summed E-state index contributed by atoms with van der Waals surface area (Å²) in [6, 6.07) is 0. The van der Waals surface area contributed by atoms with E-state index in [0.29, 0.717) is 49.0 Å². The van der Waals surface area contributed by atoms with Crippen LogP contribution in [0, 0.1) is 11.8 Å². The normalized spacial score (nSPS) is 27.2. The first-order chi connectivity index (χ1) is 10.7. The predicted molar refractivity (Wildman–Crippen MR) is 91.4 cm³/mol. The molecule has 1 N–H and O–H groups in total. The van der Waals surface area contributed by atoms with Gasteiger partial charge in [-0.25, -0.2) is 0 Å². The van der Waals surface area contributed by atoms with Crippen molar-refractivity contribution in [3.05, 3.63) is 11.3 Å². The average Bonchev–Trinajstić information content (AvgIpc) is 2.52. The predicted octanol–water partition coefficient (Wildman–Crippen LogP) is 4.11. The molecule has 1 fully saturated rings. The lowest BCUT2D eigenvalue weighted by Crippen LogP contribution is -2.30. The van der Waals surface area contributed by atoms with Gasteiger partial charge in [0.2, 0.25) is 0 Å². The molecule has 0 amide bonds. The first-order valence-electron chi connectivity index (χ1n) is 8.39. The van der Waals surface area contributed by atoms with Crippen LogP contribution < -0.4 is 0 Å². The highest BCUT2D eigenvalue weighted by molar-refractivity contribution is 7.99. The van der Waals surface area contributed by atoms with Gasteiger partial charge in [0.15, 0.2) is 5.78 Å². The number of allylic oxidation sites excluding steroid dienone is 2. The molecule has 0 spiro atoms. The summed E-state index contributed by atoms with van der Waals surface area (Å²) in [5.74, 6) is 3.46. The van der Waals surface area contributed by atoms with Crippen LogP contribution in [0.15, 0.2) is 16.5 Å². The van der Waals surface area contributed by atoms with Crippen molar-refractivity contribution >= 4 is 23.3 Å². The third-order valence-corrected chi connectivity index (χ3v) is 5.65. The molecular weight excluding hydrogens is 298 g/mol. The van der Waals surface area contributed by atoms with Gasteiger partial charge in [-0.15, -0.1) is 0 Å². The van der Waals surface area contributed by atoms with Crippen molar-refractivity contribution in [2.24, 2.45) is 17.0 Å². The summed E-state index contributed by atoms with van der Waals surface area (Å²) in [7, 11) is 0. The van der Waals surface area contributed by atoms with Crippen LogP contribution in [0.1, 0.15) is 52.4 Å². The minimum atomic E-state index is 0.0382. The molecule has 22 heavy (non-hydrogen) atoms. The molecular formula is C17H27NO3S. The van der Waals surface area contributed by atoms with E-state index in [1.165, 1.54) is 18.6 Å². The fourth-order valence-corrected chi connectivity index (χ4v) is 4.60. The second-order valence-corrected chi connectivity index (χ2v) is 7.25. The van der Waals surface area contributed by atoms with Gasteiger partial charge in [-0.3, -0.25) is 4.79 Å². The summed E-state index contributed by atoms with van der Waals surface area (Å²) in [6.45, 7) is 4.37. The third-order valence-electron chi connectivity index (χ3n) is 4.41. The number of nitrogens with zero attached hydrogens (tertiary/aromatic N) is 1. The molecule has 0 aromatic heterocycles. The van der Waals surface area contributed by atoms with Crippen molar-refractivity contribution in [1.29, 1.82) is 0 Å². The molecule has 5 heteroatoms. The van der Waals surface area contributed by atoms with Crippen molar-refractivity contribution < 1.29 is 14.7 Å². The zero-order valence-corrected chi connectivity index (χ0v) is 14.5. The number of oxime groups is 1. The van der Waals surface area contributed by atoms with Crippen LogP contribution in [0.4, 0.5) is 0 Å². The van der Waals surface area contributed by atoms with Gasteiger partial charge in [0.25, 0.3) is 0 Å². The fourth-order valence-electron chi connectivity index (χ4n) is 3.32. The molecule has 0 bridgehead atoms. The molecule has 2 atom stereocenters. The van der Waals surface area contributed by atoms with E-state index >= 15 is 0 Å². The molecule has 2 aliphatic rings. The Kier molecular flexibility index (Phi) is 6.80. The molecule has 1 aliphatic carbocycles. The second-order valence-electron chi connectivity index (χ2n) is 6.10. The van der Waals surface area contributed by atoms with Crippen molar-refractivity contribution in [3.8, 4) is 0 Å². The molecule has 1 aliphatic heterocycles. The number of thioether (sulfide) groups is 1. The maximum absolute atomic E-state index is 12.6. The van der Waals surface area contributed by atoms with Crippen molar-refractivity contribution in [2.45, 2.75) is 52.4 Å². The molecule has 2 rings (SSSR count). The zero-order valence-electron chi connectivity index (χ0n) is 13.6. The molecule has 1 saturated heterocycles. The zero-order chi connectivity index (χ0) is 15.9. The van der Waals surface area contributed by atoms with Crippen LogP contribution in [0.2, 0.25) is 0 Å². The Morgan fingerprint density at radius 1 is 1.36 bits per heavy atom. The molecule has 0 aromatic rings. The van der Waals surface area contributed by atoms with E-state index in [0.717, 1.165) is 12.2 Å². The standard InChI is InChI=1S/C17H27NO3S/c1-3-6-14(18-21-4-2)17-15(19)9-13(10-16(17)20)12-7-5-8-22-11-12/h12-13,19H,3-11H2,1-2H3/t12-,13-/m1/s1. The third kappa shape index (κ3) is 4.28. The minimum Gasteiger partial charge on any atom is -0.511 e. The van der Waals surface area contributed by atoms with Crippen molar-refractivity contribution in [1.82, 2.24) is 0 Å². The van der Waals surface area contributed by atoms with Gasteiger partial charge >= 0.3 is 0 Å². The molecule has 0 saturated carbocycles. The lowest BCUT2D eigenvalue weighted by atomic mass is 9.76. The topological polar surface area (TPSA) is 58.9 Å². The number of Topliss-reactive ketones (excluding diaryl/α,β-unsaturated/α-hetero) is 1. The van der Waals surface area contributed by atoms with Gasteiger partial charge in [-0.05, 0) is 49.5 Å². The number of aliphatic hydroxyl groups is 1. The van der Waals surface area contributed by atoms with E-state index in [4.69, 9.17) is 4.84 Å². The molecule has 0 radical (unpaired) electrons. The summed E-state index contributed by atoms with van der Waals surface area (Å²) < 4.78 is 0. The Morgan fingerprint density at radius 3 is 2.77 bits per heavy atom. The van der Waals surface area contributed by atoms with E-state index in [2.05, 4.69) is 5.16 Å². The Balaban J connectivity index is 2.15. The summed E-state index contributed by atoms with van der Waals surface area (Å²) in [5.41, 5.74) is 1.04. The lowest BCUT2D eigenvalue weighted by Gasteiger charge is -2.32. The lowest BCUT2D eigenvalue weighted by molar-refractivity contribution is -0.117. The van der Waals surface area contributed by atoms with Crippen molar-refractivity contribution in [3.63, 3.8) is 0 Å². The van der Waals surface area contributed by atoms with E-state index in [9.17, 15) is 9.90 Å². The highest BCUT2D eigenvalue weighted by atomic mass is 32.2. The number of carbonyl (C=O) groups is 1. The smallest absolute Gasteiger partial charge is 0.168 e. The summed E-state index contributed by atoms with van der Waals surface area (Å²) in [6.07, 6.45) is 5.10. The van der Waals surface area contributed by atoms with E-state index < -0.39 is 0 Å². The fraction of sp³-hybridized carbons (Fsp3) is 0.765. The van der Waals surface area contributed by atoms with Gasteiger partial charge in [0, 0.05) is 12.8 Å². The van der Waals surface area contributed by atoms with Gasteiger partial charge in [0.05, 0.1) is 11.3 Å². The monoisotopic (exact) mass is 325 g/mol. The maximum atomic E-state index is 12.6. The van der Waals surface area contributed by atoms with Crippen LogP contribution in [0.3, 0.4) is 0 Å². The highest BCUT2D eigenvalue weighted by Gasteiger charge is 2.35. The van der Waals surface area contributed by atoms with Gasteiger partial charge in [-0.2, -0.15) is 11.8 Å². The Hall–Kier alpha value is -0.970. The SMILES string of the molecule is CCCC(=NOCC)C1=C(O)C[C@@H]([C@@H]2CCCSC2)CC1=O. The number of ketones is 1. The highest BCUT2D eigenvalue weighted by Crippen LogP contribution is 2.38. The van der Waals surface area contributed by atoms with E-state index in [1.54, 1.807) is 0 Å². The average molecular weight is 325 g/mol. The number of aliphatic hydroxyl groups excluding tert-OH is 1. The van der Waals surface area contributed by atoms with Gasteiger partial charge in [-0.1, -0.05) is 18.5 Å². The molecule has 0 aromatic carbocycles. The van der Waals surface area contributed by atoms with E-state index in [1.807, 2.05) is 25.6 Å². The van der Waals surface area contributed by atoms with Crippen LogP contribution in [0.5, 0.6) is 0 Å². The largest absolute Gasteiger partial charge is 0.511 e. The van der Waals surface area contributed by atoms with Crippen LogP contribution in [0.25, 0.3) is 0 Å². The van der Waals surface area contributed by atoms with Crippen LogP contribution in [-0.4, -0.2) is 34.7 Å². The summed E-state index contributed by atoms with van der Waals surface area (Å²) in [4.78, 5) is 17.7. The summed E-state index contributed by atoms with van der Waals surface area (Å²) >= 11 is 1.97. The number of rotatable bonds is 6. The first-order valence-corrected chi connectivity index (χ1v) is 9.55. The summed E-state index contributed by atoms with van der Waals surface area (Å²) in [5, 5.41) is 14.5. The van der Waals surface area contributed by atoms with Crippen molar-refractivity contribution in [2.75, 3.05) is 18.1 Å². The first kappa shape index (κ1) is 17.4. The van der Waals surface area contributed by atoms with Crippen LogP contribution >= 0.6 is 11.8 Å². The Bertz CT molecular complexity index is 453. The number of carbonyl (C=O) groups excluding carboxylic acids is 1. The van der Waals surface area contributed by atoms with Gasteiger partial charge in [0.1, 0.15) is 12.4 Å².